The monoisotopic (exact) mass is 450 g/mol. The van der Waals surface area contributed by atoms with E-state index >= 15 is 0 Å². The molecule has 8 heteroatoms. The van der Waals surface area contributed by atoms with Crippen LogP contribution in [0.1, 0.15) is 30.7 Å². The van der Waals surface area contributed by atoms with Crippen molar-refractivity contribution in [2.24, 2.45) is 0 Å². The zero-order chi connectivity index (χ0) is 22.5. The first-order chi connectivity index (χ1) is 16.3. The summed E-state index contributed by atoms with van der Waals surface area (Å²) in [6.45, 7) is 8.18. The largest absolute Gasteiger partial charge is 0.393 e. The van der Waals surface area contributed by atoms with Crippen LogP contribution in [0.3, 0.4) is 0 Å². The lowest BCUT2D eigenvalue weighted by Crippen LogP contribution is -2.40. The van der Waals surface area contributed by atoms with Gasteiger partial charge in [0.2, 0.25) is 0 Å². The van der Waals surface area contributed by atoms with E-state index in [9.17, 15) is 0 Å². The number of aromatic nitrogens is 2. The highest BCUT2D eigenvalue weighted by Crippen LogP contribution is 2.31. The van der Waals surface area contributed by atoms with Gasteiger partial charge < -0.3 is 29.9 Å². The highest BCUT2D eigenvalue weighted by Gasteiger charge is 2.23. The summed E-state index contributed by atoms with van der Waals surface area (Å²) in [5.74, 6) is 2.28. The Morgan fingerprint density at radius 3 is 1.76 bits per heavy atom. The van der Waals surface area contributed by atoms with Crippen molar-refractivity contribution in [3.63, 3.8) is 0 Å². The zero-order valence-electron chi connectivity index (χ0n) is 19.3. The van der Waals surface area contributed by atoms with E-state index in [-0.39, 0.29) is 0 Å². The minimum Gasteiger partial charge on any atom is -0.393 e. The topological polar surface area (TPSA) is 80.0 Å². The van der Waals surface area contributed by atoms with E-state index in [1.54, 1.807) is 0 Å². The van der Waals surface area contributed by atoms with Crippen molar-refractivity contribution in [1.82, 2.24) is 9.97 Å². The average Bonchev–Trinajstić information content (AvgIpc) is 2.90. The predicted molar refractivity (Wildman–Crippen MR) is 134 cm³/mol. The summed E-state index contributed by atoms with van der Waals surface area (Å²) < 4.78 is 11.1. The van der Waals surface area contributed by atoms with Gasteiger partial charge in [0.05, 0.1) is 26.4 Å². The molecule has 0 unspecified atom stereocenters. The molecule has 0 saturated carbocycles. The fourth-order valence-corrected chi connectivity index (χ4v) is 4.69. The van der Waals surface area contributed by atoms with Crippen LogP contribution in [0.2, 0.25) is 0 Å². The fourth-order valence-electron chi connectivity index (χ4n) is 4.69. The first kappa shape index (κ1) is 22.0. The van der Waals surface area contributed by atoms with Gasteiger partial charge in [-0.3, -0.25) is 0 Å². The number of rotatable bonds is 5. The number of nitrogens with two attached hydrogens (primary N) is 1. The van der Waals surface area contributed by atoms with Gasteiger partial charge in [0.25, 0.3) is 0 Å². The zero-order valence-corrected chi connectivity index (χ0v) is 19.3. The Hall–Kier alpha value is -2.84. The number of hydrogen-bond acceptors (Lipinski definition) is 8. The molecule has 1 aromatic heterocycles. The van der Waals surface area contributed by atoms with Gasteiger partial charge in [-0.25, -0.2) is 9.97 Å². The Bertz CT molecular complexity index is 907. The molecule has 0 aliphatic carbocycles. The summed E-state index contributed by atoms with van der Waals surface area (Å²) in [6.07, 6.45) is 7.99. The molecule has 3 saturated heterocycles. The van der Waals surface area contributed by atoms with Crippen LogP contribution in [0.4, 0.5) is 23.0 Å². The Morgan fingerprint density at radius 2 is 1.21 bits per heavy atom. The molecule has 176 valence electrons. The molecular weight excluding hydrogens is 416 g/mol. The molecule has 3 aliphatic heterocycles. The maximum atomic E-state index is 6.59. The van der Waals surface area contributed by atoms with Crippen molar-refractivity contribution in [3.8, 4) is 0 Å². The van der Waals surface area contributed by atoms with Gasteiger partial charge in [-0.15, -0.1) is 0 Å². The number of nitrogen functional groups attached to an aromatic ring is 1. The number of anilines is 4. The fraction of sp³-hybridized carbons (Fsp3) is 0.520. The summed E-state index contributed by atoms with van der Waals surface area (Å²) >= 11 is 0. The van der Waals surface area contributed by atoms with E-state index < -0.39 is 0 Å². The number of hydrogen-bond donors (Lipinski definition) is 1. The SMILES string of the molecule is Nc1c(N2CCOCC2)nc(C=Cc2ccc(N3CCCCC3)cc2)nc1N1CCOCC1. The van der Waals surface area contributed by atoms with Gasteiger partial charge in [0, 0.05) is 45.0 Å². The third kappa shape index (κ3) is 5.23. The van der Waals surface area contributed by atoms with Crippen molar-refractivity contribution in [3.05, 3.63) is 35.7 Å². The van der Waals surface area contributed by atoms with Crippen LogP contribution in [-0.2, 0) is 9.47 Å². The lowest BCUT2D eigenvalue weighted by Gasteiger charge is -2.32. The Morgan fingerprint density at radius 1 is 0.667 bits per heavy atom. The first-order valence-electron chi connectivity index (χ1n) is 12.1. The van der Waals surface area contributed by atoms with E-state index in [1.165, 1.54) is 24.9 Å². The Balaban J connectivity index is 1.39. The molecule has 8 nitrogen and oxygen atoms in total. The molecular formula is C25H34N6O2. The molecule has 4 heterocycles. The lowest BCUT2D eigenvalue weighted by atomic mass is 10.1. The van der Waals surface area contributed by atoms with E-state index in [2.05, 4.69) is 45.0 Å². The van der Waals surface area contributed by atoms with Crippen molar-refractivity contribution in [2.45, 2.75) is 19.3 Å². The highest BCUT2D eigenvalue weighted by molar-refractivity contribution is 5.79. The van der Waals surface area contributed by atoms with Crippen LogP contribution in [0.15, 0.2) is 24.3 Å². The number of benzene rings is 1. The molecule has 0 bridgehead atoms. The van der Waals surface area contributed by atoms with Crippen molar-refractivity contribution < 1.29 is 9.47 Å². The quantitative estimate of drug-likeness (QED) is 0.745. The number of morpholine rings is 2. The molecule has 0 atom stereocenters. The molecule has 0 amide bonds. The minimum atomic E-state index is 0.641. The van der Waals surface area contributed by atoms with Gasteiger partial charge in [-0.1, -0.05) is 18.2 Å². The normalized spacial score (nSPS) is 19.9. The van der Waals surface area contributed by atoms with Crippen LogP contribution >= 0.6 is 0 Å². The van der Waals surface area contributed by atoms with Crippen LogP contribution in [0.5, 0.6) is 0 Å². The Kier molecular flexibility index (Phi) is 6.92. The van der Waals surface area contributed by atoms with Gasteiger partial charge >= 0.3 is 0 Å². The first-order valence-corrected chi connectivity index (χ1v) is 12.1. The summed E-state index contributed by atoms with van der Waals surface area (Å²) in [7, 11) is 0. The van der Waals surface area contributed by atoms with Gasteiger partial charge in [-0.2, -0.15) is 0 Å². The molecule has 0 spiro atoms. The second-order valence-electron chi connectivity index (χ2n) is 8.81. The molecule has 33 heavy (non-hydrogen) atoms. The molecule has 2 N–H and O–H groups in total. The maximum Gasteiger partial charge on any atom is 0.158 e. The predicted octanol–water partition coefficient (Wildman–Crippen LogP) is 2.89. The average molecular weight is 451 g/mol. The number of nitrogens with zero attached hydrogens (tertiary/aromatic N) is 5. The molecule has 5 rings (SSSR count). The van der Waals surface area contributed by atoms with Gasteiger partial charge in [0.1, 0.15) is 5.69 Å². The number of ether oxygens (including phenoxy) is 2. The summed E-state index contributed by atoms with van der Waals surface area (Å²) in [5.41, 5.74) is 9.67. The van der Waals surface area contributed by atoms with Crippen molar-refractivity contribution >= 4 is 35.2 Å². The van der Waals surface area contributed by atoms with Crippen LogP contribution < -0.4 is 20.4 Å². The van der Waals surface area contributed by atoms with E-state index in [0.29, 0.717) is 37.9 Å². The maximum absolute atomic E-state index is 6.59. The van der Waals surface area contributed by atoms with E-state index in [1.807, 2.05) is 6.08 Å². The van der Waals surface area contributed by atoms with Crippen molar-refractivity contribution in [2.75, 3.05) is 86.1 Å². The minimum absolute atomic E-state index is 0.641. The number of piperidine rings is 1. The Labute approximate surface area is 196 Å². The molecule has 3 fully saturated rings. The van der Waals surface area contributed by atoms with Crippen LogP contribution in [0.25, 0.3) is 12.2 Å². The second-order valence-corrected chi connectivity index (χ2v) is 8.81. The standard InChI is InChI=1S/C25H34N6O2/c26-23-24(30-12-16-32-17-13-30)27-22(28-25(23)31-14-18-33-19-15-31)9-6-20-4-7-21(8-5-20)29-10-2-1-3-11-29/h4-9H,1-3,10-19,26H2. The lowest BCUT2D eigenvalue weighted by molar-refractivity contribution is 0.122. The third-order valence-electron chi connectivity index (χ3n) is 6.58. The van der Waals surface area contributed by atoms with Gasteiger partial charge in [0.15, 0.2) is 17.5 Å². The van der Waals surface area contributed by atoms with E-state index in [0.717, 1.165) is 56.5 Å². The van der Waals surface area contributed by atoms with Crippen LogP contribution in [0, 0.1) is 0 Å². The summed E-state index contributed by atoms with van der Waals surface area (Å²) in [4.78, 5) is 16.6. The van der Waals surface area contributed by atoms with Crippen molar-refractivity contribution in [1.29, 1.82) is 0 Å². The molecule has 3 aliphatic rings. The smallest absolute Gasteiger partial charge is 0.158 e. The highest BCUT2D eigenvalue weighted by atomic mass is 16.5. The molecule has 2 aromatic rings. The summed E-state index contributed by atoms with van der Waals surface area (Å²) in [5, 5.41) is 0. The van der Waals surface area contributed by atoms with Crippen LogP contribution in [-0.4, -0.2) is 75.7 Å². The van der Waals surface area contributed by atoms with E-state index in [4.69, 9.17) is 25.2 Å². The second kappa shape index (κ2) is 10.4. The third-order valence-corrected chi connectivity index (χ3v) is 6.58. The molecule has 1 aromatic carbocycles. The summed E-state index contributed by atoms with van der Waals surface area (Å²) in [6, 6.07) is 8.77. The van der Waals surface area contributed by atoms with Gasteiger partial charge in [-0.05, 0) is 43.0 Å². The molecule has 0 radical (unpaired) electrons.